The summed E-state index contributed by atoms with van der Waals surface area (Å²) < 4.78 is -0.796. The van der Waals surface area contributed by atoms with Gasteiger partial charge in [-0.15, -0.1) is 0 Å². The molecule has 9 heteroatoms. The molecule has 4 nitrogen and oxygen atoms in total. The van der Waals surface area contributed by atoms with Crippen LogP contribution in [0.1, 0.15) is 45.4 Å². The van der Waals surface area contributed by atoms with Gasteiger partial charge in [-0.1, -0.05) is 83.3 Å². The number of unbranched alkanes of at least 4 members (excludes halogenated alkanes) is 4. The second-order valence-electron chi connectivity index (χ2n) is 5.81. The summed E-state index contributed by atoms with van der Waals surface area (Å²) in [6.07, 6.45) is 4.72. The number of benzene rings is 1. The molecule has 1 amide bonds. The highest BCUT2D eigenvalue weighted by Gasteiger charge is 2.34. The Labute approximate surface area is 183 Å². The summed E-state index contributed by atoms with van der Waals surface area (Å²) in [6.45, 7) is 2.15. The number of nitrogens with one attached hydrogen (secondary N) is 3. The van der Waals surface area contributed by atoms with Gasteiger partial charge in [0.2, 0.25) is 9.70 Å². The second-order valence-corrected chi connectivity index (χ2v) is 9.50. The van der Waals surface area contributed by atoms with E-state index in [1.807, 2.05) is 24.3 Å². The minimum absolute atomic E-state index is 0.184. The Bertz CT molecular complexity index is 582. The molecule has 26 heavy (non-hydrogen) atoms. The summed E-state index contributed by atoms with van der Waals surface area (Å²) >= 11 is 26.5. The SMILES string of the molecule is CCCCCCCC(=O)N[C@@H](NC(=S)Nc1ccc(Br)cc1)C(Cl)(Cl)Cl. The highest BCUT2D eigenvalue weighted by Crippen LogP contribution is 2.29. The molecule has 0 saturated carbocycles. The van der Waals surface area contributed by atoms with E-state index in [0.717, 1.165) is 35.8 Å². The lowest BCUT2D eigenvalue weighted by atomic mass is 10.1. The molecule has 0 saturated heterocycles. The Morgan fingerprint density at radius 2 is 1.73 bits per heavy atom. The summed E-state index contributed by atoms with van der Waals surface area (Å²) in [5.41, 5.74) is 0.774. The molecule has 0 fully saturated rings. The highest BCUT2D eigenvalue weighted by atomic mass is 79.9. The van der Waals surface area contributed by atoms with Crippen molar-refractivity contribution in [2.24, 2.45) is 0 Å². The molecule has 1 rings (SSSR count). The van der Waals surface area contributed by atoms with Crippen molar-refractivity contribution in [1.29, 1.82) is 0 Å². The van der Waals surface area contributed by atoms with Gasteiger partial charge in [-0.2, -0.15) is 0 Å². The maximum Gasteiger partial charge on any atom is 0.228 e. The van der Waals surface area contributed by atoms with Crippen molar-refractivity contribution in [3.63, 3.8) is 0 Å². The molecule has 0 aliphatic rings. The first kappa shape index (κ1) is 23.8. The Morgan fingerprint density at radius 3 is 2.31 bits per heavy atom. The number of anilines is 1. The van der Waals surface area contributed by atoms with Gasteiger partial charge in [-0.3, -0.25) is 4.79 Å². The van der Waals surface area contributed by atoms with E-state index >= 15 is 0 Å². The van der Waals surface area contributed by atoms with Crippen molar-refractivity contribution in [2.75, 3.05) is 5.32 Å². The Hall–Kier alpha value is -0.270. The number of carbonyl (C=O) groups is 1. The van der Waals surface area contributed by atoms with E-state index in [2.05, 4.69) is 38.8 Å². The van der Waals surface area contributed by atoms with Gasteiger partial charge >= 0.3 is 0 Å². The molecule has 1 aromatic carbocycles. The molecular weight excluding hydrogens is 481 g/mol. The molecule has 0 aromatic heterocycles. The number of rotatable bonds is 9. The Kier molecular flexibility index (Phi) is 11.2. The zero-order valence-electron chi connectivity index (χ0n) is 14.5. The van der Waals surface area contributed by atoms with Crippen LogP contribution in [0.5, 0.6) is 0 Å². The Morgan fingerprint density at radius 1 is 1.12 bits per heavy atom. The topological polar surface area (TPSA) is 53.2 Å². The molecule has 3 N–H and O–H groups in total. The third-order valence-corrected chi connectivity index (χ3v) is 4.92. The fourth-order valence-corrected chi connectivity index (χ4v) is 2.98. The molecule has 0 aliphatic carbocycles. The first-order chi connectivity index (χ1) is 12.2. The van der Waals surface area contributed by atoms with Gasteiger partial charge in [0.25, 0.3) is 0 Å². The van der Waals surface area contributed by atoms with Crippen LogP contribution < -0.4 is 16.0 Å². The maximum atomic E-state index is 12.1. The predicted octanol–water partition coefficient (Wildman–Crippen LogP) is 5.91. The fraction of sp³-hybridized carbons (Fsp3) is 0.529. The molecule has 0 heterocycles. The third-order valence-electron chi connectivity index (χ3n) is 3.52. The van der Waals surface area contributed by atoms with Gasteiger partial charge in [-0.05, 0) is 42.9 Å². The van der Waals surface area contributed by atoms with Crippen molar-refractivity contribution < 1.29 is 4.79 Å². The van der Waals surface area contributed by atoms with Crippen molar-refractivity contribution in [3.8, 4) is 0 Å². The van der Waals surface area contributed by atoms with Crippen molar-refractivity contribution >= 4 is 79.7 Å². The average molecular weight is 504 g/mol. The lowest BCUT2D eigenvalue weighted by Gasteiger charge is -2.27. The molecule has 1 atom stereocenters. The largest absolute Gasteiger partial charge is 0.339 e. The molecule has 0 radical (unpaired) electrons. The number of hydrogen-bond acceptors (Lipinski definition) is 2. The molecule has 1 aromatic rings. The normalized spacial score (nSPS) is 12.3. The second kappa shape index (κ2) is 12.2. The van der Waals surface area contributed by atoms with E-state index in [-0.39, 0.29) is 11.0 Å². The van der Waals surface area contributed by atoms with Crippen LogP contribution >= 0.6 is 63.0 Å². The van der Waals surface area contributed by atoms with Gasteiger partial charge in [0.15, 0.2) is 5.11 Å². The van der Waals surface area contributed by atoms with E-state index in [9.17, 15) is 4.79 Å². The fourth-order valence-electron chi connectivity index (χ4n) is 2.15. The predicted molar refractivity (Wildman–Crippen MR) is 119 cm³/mol. The lowest BCUT2D eigenvalue weighted by molar-refractivity contribution is -0.122. The third kappa shape index (κ3) is 10.2. The van der Waals surface area contributed by atoms with Crippen LogP contribution in [0, 0.1) is 0 Å². The van der Waals surface area contributed by atoms with Gasteiger partial charge in [0.1, 0.15) is 6.17 Å². The van der Waals surface area contributed by atoms with E-state index in [0.29, 0.717) is 6.42 Å². The summed E-state index contributed by atoms with van der Waals surface area (Å²) in [6, 6.07) is 7.43. The van der Waals surface area contributed by atoms with Gasteiger partial charge in [0.05, 0.1) is 0 Å². The molecule has 0 unspecified atom stereocenters. The molecule has 0 spiro atoms. The van der Waals surface area contributed by atoms with E-state index in [1.54, 1.807) is 0 Å². The van der Waals surface area contributed by atoms with Crippen LogP contribution in [-0.4, -0.2) is 21.0 Å². The zero-order valence-corrected chi connectivity index (χ0v) is 19.1. The number of halogens is 4. The molecule has 0 aliphatic heterocycles. The monoisotopic (exact) mass is 501 g/mol. The standard InChI is InChI=1S/C17H23BrCl3N3OS/c1-2-3-4-5-6-7-14(25)23-15(17(19,20)21)24-16(26)22-13-10-8-12(18)9-11-13/h8-11,15H,2-7H2,1H3,(H,23,25)(H2,22,24,26)/t15-/m0/s1. The van der Waals surface area contributed by atoms with Gasteiger partial charge in [0, 0.05) is 16.6 Å². The van der Waals surface area contributed by atoms with Gasteiger partial charge < -0.3 is 16.0 Å². The molecule has 0 bridgehead atoms. The highest BCUT2D eigenvalue weighted by molar-refractivity contribution is 9.10. The van der Waals surface area contributed by atoms with Crippen LogP contribution in [0.15, 0.2) is 28.7 Å². The number of amides is 1. The van der Waals surface area contributed by atoms with Crippen LogP contribution in [0.25, 0.3) is 0 Å². The minimum atomic E-state index is -1.75. The zero-order chi connectivity index (χ0) is 19.6. The van der Waals surface area contributed by atoms with E-state index in [4.69, 9.17) is 47.0 Å². The first-order valence-corrected chi connectivity index (χ1v) is 10.7. The Balaban J connectivity index is 2.51. The molecular formula is C17H23BrCl3N3OS. The summed E-state index contributed by atoms with van der Waals surface area (Å²) in [5, 5.41) is 8.76. The smallest absolute Gasteiger partial charge is 0.228 e. The van der Waals surface area contributed by atoms with Crippen molar-refractivity contribution in [2.45, 2.75) is 55.4 Å². The number of alkyl halides is 3. The number of carbonyl (C=O) groups excluding carboxylic acids is 1. The molecule has 146 valence electrons. The van der Waals surface area contributed by atoms with Crippen LogP contribution in [0.3, 0.4) is 0 Å². The quantitative estimate of drug-likeness (QED) is 0.170. The van der Waals surface area contributed by atoms with Gasteiger partial charge in [-0.25, -0.2) is 0 Å². The van der Waals surface area contributed by atoms with Crippen LogP contribution in [0.2, 0.25) is 0 Å². The summed E-state index contributed by atoms with van der Waals surface area (Å²) in [4.78, 5) is 12.1. The van der Waals surface area contributed by atoms with Crippen LogP contribution in [-0.2, 0) is 4.79 Å². The van der Waals surface area contributed by atoms with Crippen molar-refractivity contribution in [1.82, 2.24) is 10.6 Å². The van der Waals surface area contributed by atoms with E-state index < -0.39 is 9.96 Å². The van der Waals surface area contributed by atoms with Crippen LogP contribution in [0.4, 0.5) is 5.69 Å². The average Bonchev–Trinajstić information content (AvgIpc) is 2.55. The lowest BCUT2D eigenvalue weighted by Crippen LogP contribution is -2.56. The maximum absolute atomic E-state index is 12.1. The minimum Gasteiger partial charge on any atom is -0.339 e. The van der Waals surface area contributed by atoms with E-state index in [1.165, 1.54) is 6.42 Å². The summed E-state index contributed by atoms with van der Waals surface area (Å²) in [7, 11) is 0. The number of thiocarbonyl (C=S) groups is 1. The first-order valence-electron chi connectivity index (χ1n) is 8.41. The number of hydrogen-bond donors (Lipinski definition) is 3. The summed E-state index contributed by atoms with van der Waals surface area (Å²) in [5.74, 6) is -0.184. The van der Waals surface area contributed by atoms with Crippen molar-refractivity contribution in [3.05, 3.63) is 28.7 Å².